The minimum Gasteiger partial charge on any atom is -0.103 e. The van der Waals surface area contributed by atoms with Gasteiger partial charge in [-0.15, -0.1) is 6.58 Å². The van der Waals surface area contributed by atoms with Gasteiger partial charge in [0.25, 0.3) is 0 Å². The predicted octanol–water partition coefficient (Wildman–Crippen LogP) is 4.89. The van der Waals surface area contributed by atoms with Crippen LogP contribution in [-0.4, -0.2) is 0 Å². The van der Waals surface area contributed by atoms with Crippen molar-refractivity contribution in [2.45, 2.75) is 46.5 Å². The lowest BCUT2D eigenvalue weighted by atomic mass is 9.96. The van der Waals surface area contributed by atoms with E-state index in [9.17, 15) is 0 Å². The van der Waals surface area contributed by atoms with E-state index in [1.165, 1.54) is 0 Å². The van der Waals surface area contributed by atoms with Crippen LogP contribution in [0, 0.1) is 5.41 Å². The van der Waals surface area contributed by atoms with Crippen LogP contribution in [-0.2, 0) is 0 Å². The zero-order chi connectivity index (χ0) is 10.9. The highest BCUT2D eigenvalue weighted by Crippen LogP contribution is 2.15. The van der Waals surface area contributed by atoms with Crippen molar-refractivity contribution < 1.29 is 0 Å². The summed E-state index contributed by atoms with van der Waals surface area (Å²) < 4.78 is 0. The molecule has 0 N–H and O–H groups in total. The molecule has 14 heavy (non-hydrogen) atoms. The number of hydrogen-bond acceptors (Lipinski definition) is 0. The SMILES string of the molecule is C=CCCC=CCCC=CC(C)(C)C. The number of hydrogen-bond donors (Lipinski definition) is 0. The van der Waals surface area contributed by atoms with Crippen LogP contribution in [0.1, 0.15) is 46.5 Å². The third-order valence-corrected chi connectivity index (χ3v) is 1.82. The molecule has 0 fully saturated rings. The second kappa shape index (κ2) is 7.61. The first-order chi connectivity index (χ1) is 6.56. The van der Waals surface area contributed by atoms with Crippen LogP contribution < -0.4 is 0 Å². The molecule has 0 saturated heterocycles. The molecule has 0 heterocycles. The number of allylic oxidation sites excluding steroid dienone is 5. The van der Waals surface area contributed by atoms with E-state index in [0.29, 0.717) is 5.41 Å². The van der Waals surface area contributed by atoms with Gasteiger partial charge in [0.1, 0.15) is 0 Å². The summed E-state index contributed by atoms with van der Waals surface area (Å²) in [6.45, 7) is 10.4. The summed E-state index contributed by atoms with van der Waals surface area (Å²) >= 11 is 0. The Kier molecular flexibility index (Phi) is 7.18. The average Bonchev–Trinajstić information content (AvgIpc) is 2.08. The lowest BCUT2D eigenvalue weighted by Crippen LogP contribution is -1.97. The maximum atomic E-state index is 3.69. The van der Waals surface area contributed by atoms with E-state index in [-0.39, 0.29) is 0 Å². The van der Waals surface area contributed by atoms with Crippen LogP contribution in [0.4, 0.5) is 0 Å². The van der Waals surface area contributed by atoms with Gasteiger partial charge < -0.3 is 0 Å². The number of unbranched alkanes of at least 4 members (excludes halogenated alkanes) is 2. The first kappa shape index (κ1) is 13.2. The van der Waals surface area contributed by atoms with Crippen molar-refractivity contribution in [3.8, 4) is 0 Å². The average molecular weight is 192 g/mol. The quantitative estimate of drug-likeness (QED) is 0.415. The second-order valence-corrected chi connectivity index (χ2v) is 4.68. The second-order valence-electron chi connectivity index (χ2n) is 4.68. The Labute approximate surface area is 89.4 Å². The fourth-order valence-corrected chi connectivity index (χ4v) is 1.08. The van der Waals surface area contributed by atoms with Gasteiger partial charge in [-0.3, -0.25) is 0 Å². The van der Waals surface area contributed by atoms with Gasteiger partial charge in [-0.05, 0) is 31.1 Å². The molecule has 0 spiro atoms. The molecular formula is C14H24. The molecule has 0 saturated carbocycles. The predicted molar refractivity (Wildman–Crippen MR) is 66.4 cm³/mol. The zero-order valence-corrected chi connectivity index (χ0v) is 9.92. The highest BCUT2D eigenvalue weighted by atomic mass is 14.1. The van der Waals surface area contributed by atoms with Crippen LogP contribution >= 0.6 is 0 Å². The van der Waals surface area contributed by atoms with Crippen molar-refractivity contribution in [2.75, 3.05) is 0 Å². The molecule has 0 aromatic rings. The Bertz CT molecular complexity index is 189. The monoisotopic (exact) mass is 192 g/mol. The van der Waals surface area contributed by atoms with Crippen molar-refractivity contribution in [1.29, 1.82) is 0 Å². The zero-order valence-electron chi connectivity index (χ0n) is 9.92. The molecule has 0 bridgehead atoms. The minimum atomic E-state index is 0.326. The van der Waals surface area contributed by atoms with Gasteiger partial charge in [0.15, 0.2) is 0 Å². The van der Waals surface area contributed by atoms with E-state index >= 15 is 0 Å². The van der Waals surface area contributed by atoms with Gasteiger partial charge in [0.05, 0.1) is 0 Å². The van der Waals surface area contributed by atoms with Crippen LogP contribution in [0.3, 0.4) is 0 Å². The van der Waals surface area contributed by atoms with Crippen molar-refractivity contribution >= 4 is 0 Å². The van der Waals surface area contributed by atoms with Crippen LogP contribution in [0.15, 0.2) is 37.0 Å². The fraction of sp³-hybridized carbons (Fsp3) is 0.571. The molecule has 0 amide bonds. The molecule has 0 aromatic heterocycles. The van der Waals surface area contributed by atoms with E-state index in [0.717, 1.165) is 25.7 Å². The first-order valence-electron chi connectivity index (χ1n) is 5.50. The Balaban J connectivity index is 3.41. The summed E-state index contributed by atoms with van der Waals surface area (Å²) in [4.78, 5) is 0. The van der Waals surface area contributed by atoms with E-state index in [1.54, 1.807) is 0 Å². The standard InChI is InChI=1S/C14H24/c1-5-6-7-8-9-10-11-12-13-14(2,3)4/h5,8-9,12-13H,1,6-7,10-11H2,2-4H3. The molecule has 0 rings (SSSR count). The van der Waals surface area contributed by atoms with E-state index < -0.39 is 0 Å². The minimum absolute atomic E-state index is 0.326. The van der Waals surface area contributed by atoms with Crippen molar-refractivity contribution in [1.82, 2.24) is 0 Å². The van der Waals surface area contributed by atoms with Gasteiger partial charge in [-0.2, -0.15) is 0 Å². The Morgan fingerprint density at radius 1 is 0.857 bits per heavy atom. The topological polar surface area (TPSA) is 0 Å². The summed E-state index contributed by atoms with van der Waals surface area (Å²) in [5, 5.41) is 0. The van der Waals surface area contributed by atoms with Crippen molar-refractivity contribution in [3.05, 3.63) is 37.0 Å². The third-order valence-electron chi connectivity index (χ3n) is 1.82. The Hall–Kier alpha value is -0.780. The lowest BCUT2D eigenvalue weighted by Gasteiger charge is -2.10. The van der Waals surface area contributed by atoms with E-state index in [4.69, 9.17) is 0 Å². The molecule has 0 aliphatic carbocycles. The highest BCUT2D eigenvalue weighted by Gasteiger charge is 2.01. The smallest absolute Gasteiger partial charge is 0.0203 e. The van der Waals surface area contributed by atoms with E-state index in [1.807, 2.05) is 6.08 Å². The van der Waals surface area contributed by atoms with Crippen molar-refractivity contribution in [3.63, 3.8) is 0 Å². The molecule has 80 valence electrons. The molecular weight excluding hydrogens is 168 g/mol. The van der Waals surface area contributed by atoms with Gasteiger partial charge >= 0.3 is 0 Å². The highest BCUT2D eigenvalue weighted by molar-refractivity contribution is 4.94. The molecule has 0 radical (unpaired) electrons. The maximum absolute atomic E-state index is 3.69. The molecule has 0 aliphatic heterocycles. The normalized spacial score (nSPS) is 12.8. The van der Waals surface area contributed by atoms with Gasteiger partial charge in [-0.25, -0.2) is 0 Å². The Morgan fingerprint density at radius 2 is 1.36 bits per heavy atom. The summed E-state index contributed by atoms with van der Waals surface area (Å²) in [5.41, 5.74) is 0.326. The first-order valence-corrected chi connectivity index (χ1v) is 5.50. The molecule has 0 atom stereocenters. The molecule has 0 unspecified atom stereocenters. The van der Waals surface area contributed by atoms with E-state index in [2.05, 4.69) is 51.7 Å². The largest absolute Gasteiger partial charge is 0.103 e. The molecule has 0 aromatic carbocycles. The van der Waals surface area contributed by atoms with Crippen molar-refractivity contribution in [2.24, 2.45) is 5.41 Å². The lowest BCUT2D eigenvalue weighted by molar-refractivity contribution is 0.542. The molecule has 0 aliphatic rings. The van der Waals surface area contributed by atoms with Crippen LogP contribution in [0.2, 0.25) is 0 Å². The van der Waals surface area contributed by atoms with Gasteiger partial charge in [-0.1, -0.05) is 51.2 Å². The third kappa shape index (κ3) is 11.2. The number of rotatable bonds is 6. The summed E-state index contributed by atoms with van der Waals surface area (Å²) in [6, 6.07) is 0. The van der Waals surface area contributed by atoms with Crippen LogP contribution in [0.5, 0.6) is 0 Å². The maximum Gasteiger partial charge on any atom is -0.0203 e. The Morgan fingerprint density at radius 3 is 1.86 bits per heavy atom. The van der Waals surface area contributed by atoms with Gasteiger partial charge in [0, 0.05) is 0 Å². The van der Waals surface area contributed by atoms with Gasteiger partial charge in [0.2, 0.25) is 0 Å². The molecule has 0 heteroatoms. The fourth-order valence-electron chi connectivity index (χ4n) is 1.08. The summed E-state index contributed by atoms with van der Waals surface area (Å²) in [7, 11) is 0. The molecule has 0 nitrogen and oxygen atoms in total. The van der Waals surface area contributed by atoms with Crippen LogP contribution in [0.25, 0.3) is 0 Å². The summed E-state index contributed by atoms with van der Waals surface area (Å²) in [6.07, 6.45) is 15.6. The summed E-state index contributed by atoms with van der Waals surface area (Å²) in [5.74, 6) is 0.